The first kappa shape index (κ1) is 17.8. The molecule has 7 heteroatoms. The molecule has 1 aromatic heterocycles. The van der Waals surface area contributed by atoms with Crippen molar-refractivity contribution in [3.05, 3.63) is 45.6 Å². The van der Waals surface area contributed by atoms with Crippen LogP contribution in [0.3, 0.4) is 0 Å². The minimum absolute atomic E-state index is 0.0461. The van der Waals surface area contributed by atoms with E-state index in [1.165, 1.54) is 23.1 Å². The average Bonchev–Trinajstić information content (AvgIpc) is 2.91. The molecule has 23 heavy (non-hydrogen) atoms. The molecule has 1 aromatic carbocycles. The summed E-state index contributed by atoms with van der Waals surface area (Å²) in [6.45, 7) is 1.13. The Morgan fingerprint density at radius 1 is 1.39 bits per heavy atom. The lowest BCUT2D eigenvalue weighted by molar-refractivity contribution is -0.884. The number of likely N-dealkylation sites (N-methyl/N-ethyl adjacent to an activating group) is 1. The van der Waals surface area contributed by atoms with Gasteiger partial charge < -0.3 is 10.2 Å². The van der Waals surface area contributed by atoms with Crippen molar-refractivity contribution in [2.75, 3.05) is 24.7 Å². The molecule has 0 aliphatic carbocycles. The topological polar surface area (TPSA) is 57.3 Å². The second-order valence-electron chi connectivity index (χ2n) is 5.01. The first-order valence-electron chi connectivity index (χ1n) is 7.02. The van der Waals surface area contributed by atoms with Crippen molar-refractivity contribution in [1.29, 1.82) is 5.26 Å². The number of nitrogens with one attached hydrogen (secondary N) is 2. The summed E-state index contributed by atoms with van der Waals surface area (Å²) in [6, 6.07) is 13.5. The third-order valence-electron chi connectivity index (χ3n) is 3.02. The fourth-order valence-corrected chi connectivity index (χ4v) is 3.95. The third-order valence-corrected chi connectivity index (χ3v) is 5.19. The minimum Gasteiger partial charge on any atom is -0.325 e. The molecule has 2 N–H and O–H groups in total. The minimum atomic E-state index is -0.0461. The number of carbonyl (C=O) groups excluding carboxylic acids is 1. The summed E-state index contributed by atoms with van der Waals surface area (Å²) in [5.41, 5.74) is 0.754. The largest absolute Gasteiger partial charge is 0.325 e. The number of halogens is 1. The number of rotatable bonds is 7. The summed E-state index contributed by atoms with van der Waals surface area (Å²) in [6.07, 6.45) is 0. The molecule has 1 atom stereocenters. The molecule has 0 spiro atoms. The second-order valence-corrected chi connectivity index (χ2v) is 7.82. The number of quaternary nitrogens is 1. The van der Waals surface area contributed by atoms with Crippen molar-refractivity contribution in [2.45, 2.75) is 11.4 Å². The molecular weight excluding hydrogens is 350 g/mol. The fourth-order valence-electron chi connectivity index (χ4n) is 2.08. The van der Waals surface area contributed by atoms with Gasteiger partial charge in [0, 0.05) is 4.90 Å². The van der Waals surface area contributed by atoms with Gasteiger partial charge in [0.15, 0.2) is 6.54 Å². The lowest BCUT2D eigenvalue weighted by Crippen LogP contribution is -3.08. The quantitative estimate of drug-likeness (QED) is 0.741. The van der Waals surface area contributed by atoms with E-state index in [4.69, 9.17) is 16.9 Å². The van der Waals surface area contributed by atoms with Crippen LogP contribution < -0.4 is 10.2 Å². The van der Waals surface area contributed by atoms with E-state index in [0.29, 0.717) is 12.3 Å². The van der Waals surface area contributed by atoms with Gasteiger partial charge >= 0.3 is 0 Å². The Bertz CT molecular complexity index is 711. The first-order valence-corrected chi connectivity index (χ1v) is 9.20. The Hall–Kier alpha value is -1.52. The van der Waals surface area contributed by atoms with Crippen molar-refractivity contribution in [1.82, 2.24) is 0 Å². The van der Waals surface area contributed by atoms with Gasteiger partial charge in [-0.3, -0.25) is 4.79 Å². The number of para-hydroxylation sites is 1. The van der Waals surface area contributed by atoms with Crippen LogP contribution in [0, 0.1) is 11.3 Å². The molecule has 120 valence electrons. The van der Waals surface area contributed by atoms with Gasteiger partial charge in [-0.2, -0.15) is 5.26 Å². The molecule has 1 heterocycles. The van der Waals surface area contributed by atoms with E-state index >= 15 is 0 Å². The van der Waals surface area contributed by atoms with Crippen LogP contribution in [0.5, 0.6) is 0 Å². The lowest BCUT2D eigenvalue weighted by atomic mass is 10.3. The number of hydrogen-bond donors (Lipinski definition) is 2. The molecule has 2 rings (SSSR count). The molecule has 1 unspecified atom stereocenters. The van der Waals surface area contributed by atoms with E-state index in [-0.39, 0.29) is 5.91 Å². The highest BCUT2D eigenvalue weighted by Gasteiger charge is 2.13. The first-order chi connectivity index (χ1) is 11.1. The van der Waals surface area contributed by atoms with Gasteiger partial charge in [-0.15, -0.1) is 23.1 Å². The summed E-state index contributed by atoms with van der Waals surface area (Å²) in [4.78, 5) is 15.4. The van der Waals surface area contributed by atoms with E-state index in [9.17, 15) is 4.79 Å². The molecule has 2 aromatic rings. The Morgan fingerprint density at radius 3 is 2.87 bits per heavy atom. The van der Waals surface area contributed by atoms with E-state index < -0.39 is 0 Å². The lowest BCUT2D eigenvalue weighted by Gasteiger charge is -2.14. The SMILES string of the molecule is C[NH+](CC(=O)Nc1ccccc1SCC#N)Cc1ccc(Cl)s1. The highest BCUT2D eigenvalue weighted by molar-refractivity contribution is 7.99. The van der Waals surface area contributed by atoms with Gasteiger partial charge in [0.25, 0.3) is 5.91 Å². The molecule has 1 amide bonds. The number of benzene rings is 1. The number of hydrogen-bond acceptors (Lipinski definition) is 4. The molecule has 0 radical (unpaired) electrons. The van der Waals surface area contributed by atoms with Gasteiger partial charge in [0.1, 0.15) is 6.54 Å². The highest BCUT2D eigenvalue weighted by Crippen LogP contribution is 2.26. The maximum Gasteiger partial charge on any atom is 0.279 e. The summed E-state index contributed by atoms with van der Waals surface area (Å²) < 4.78 is 0.765. The van der Waals surface area contributed by atoms with Crippen LogP contribution in [0.25, 0.3) is 0 Å². The summed E-state index contributed by atoms with van der Waals surface area (Å²) in [5.74, 6) is 0.312. The second kappa shape index (κ2) is 8.94. The van der Waals surface area contributed by atoms with Gasteiger partial charge in [-0.25, -0.2) is 0 Å². The van der Waals surface area contributed by atoms with Crippen LogP contribution in [0.15, 0.2) is 41.3 Å². The normalized spacial score (nSPS) is 11.7. The Morgan fingerprint density at radius 2 is 2.17 bits per heavy atom. The summed E-state index contributed by atoms with van der Waals surface area (Å²) >= 11 is 8.88. The van der Waals surface area contributed by atoms with Crippen LogP contribution in [0.1, 0.15) is 4.88 Å². The van der Waals surface area contributed by atoms with Crippen molar-refractivity contribution >= 4 is 46.3 Å². The zero-order valence-electron chi connectivity index (χ0n) is 12.6. The summed E-state index contributed by atoms with van der Waals surface area (Å²) in [7, 11) is 1.98. The molecular formula is C16H17ClN3OS2+. The predicted octanol–water partition coefficient (Wildman–Crippen LogP) is 2.67. The van der Waals surface area contributed by atoms with E-state index in [0.717, 1.165) is 31.2 Å². The molecule has 0 saturated carbocycles. The van der Waals surface area contributed by atoms with Crippen LogP contribution in [0.4, 0.5) is 5.69 Å². The molecule has 4 nitrogen and oxygen atoms in total. The predicted molar refractivity (Wildman–Crippen MR) is 96.2 cm³/mol. The fraction of sp³-hybridized carbons (Fsp3) is 0.250. The smallest absolute Gasteiger partial charge is 0.279 e. The summed E-state index contributed by atoms with van der Waals surface area (Å²) in [5, 5.41) is 11.6. The maximum absolute atomic E-state index is 12.2. The zero-order chi connectivity index (χ0) is 16.7. The standard InChI is InChI=1S/C16H16ClN3OS2/c1-20(10-12-6-7-15(17)23-12)11-16(21)19-13-4-2-3-5-14(13)22-9-8-18/h2-7H,9-11H2,1H3,(H,19,21)/p+1. The maximum atomic E-state index is 12.2. The molecule has 0 fully saturated rings. The molecule has 0 aliphatic heterocycles. The Balaban J connectivity index is 1.90. The third kappa shape index (κ3) is 5.88. The monoisotopic (exact) mass is 366 g/mol. The Labute approximate surface area is 149 Å². The van der Waals surface area contributed by atoms with Gasteiger partial charge in [0.05, 0.1) is 33.8 Å². The van der Waals surface area contributed by atoms with E-state index in [1.54, 1.807) is 0 Å². The number of amides is 1. The average molecular weight is 367 g/mol. The van der Waals surface area contributed by atoms with Gasteiger partial charge in [-0.05, 0) is 24.3 Å². The zero-order valence-corrected chi connectivity index (χ0v) is 15.0. The van der Waals surface area contributed by atoms with Crippen molar-refractivity contribution in [3.63, 3.8) is 0 Å². The number of carbonyl (C=O) groups is 1. The van der Waals surface area contributed by atoms with Crippen LogP contribution in [0.2, 0.25) is 4.34 Å². The van der Waals surface area contributed by atoms with Crippen molar-refractivity contribution < 1.29 is 9.69 Å². The number of nitriles is 1. The molecule has 0 aliphatic rings. The van der Waals surface area contributed by atoms with Gasteiger partial charge in [-0.1, -0.05) is 23.7 Å². The van der Waals surface area contributed by atoms with Gasteiger partial charge in [0.2, 0.25) is 0 Å². The molecule has 0 bridgehead atoms. The number of nitrogens with zero attached hydrogens (tertiary/aromatic N) is 1. The van der Waals surface area contributed by atoms with Crippen LogP contribution >= 0.6 is 34.7 Å². The number of thioether (sulfide) groups is 1. The van der Waals surface area contributed by atoms with Crippen molar-refractivity contribution in [3.8, 4) is 6.07 Å². The number of thiophene rings is 1. The van der Waals surface area contributed by atoms with E-state index in [2.05, 4.69) is 11.4 Å². The van der Waals surface area contributed by atoms with E-state index in [1.807, 2.05) is 43.4 Å². The highest BCUT2D eigenvalue weighted by atomic mass is 35.5. The Kier molecular flexibility index (Phi) is 6.93. The van der Waals surface area contributed by atoms with Crippen LogP contribution in [-0.2, 0) is 11.3 Å². The van der Waals surface area contributed by atoms with Crippen LogP contribution in [-0.4, -0.2) is 25.3 Å². The van der Waals surface area contributed by atoms with Crippen molar-refractivity contribution in [2.24, 2.45) is 0 Å². The molecule has 0 saturated heterocycles. The number of anilines is 1.